The van der Waals surface area contributed by atoms with Crippen molar-refractivity contribution in [1.29, 1.82) is 0 Å². The number of H-pyrrole nitrogens is 1. The number of aromatic amines is 1. The number of aromatic nitrogens is 1. The fourth-order valence-electron chi connectivity index (χ4n) is 3.46. The number of amides is 1. The second-order valence-electron chi connectivity index (χ2n) is 7.68. The summed E-state index contributed by atoms with van der Waals surface area (Å²) in [5.41, 5.74) is -0.643. The molecular weight excluding hydrogens is 506 g/mol. The van der Waals surface area contributed by atoms with Gasteiger partial charge in [0.25, 0.3) is 5.91 Å². The summed E-state index contributed by atoms with van der Waals surface area (Å²) in [5, 5.41) is 13.5. The van der Waals surface area contributed by atoms with Crippen LogP contribution in [0.25, 0.3) is 0 Å². The van der Waals surface area contributed by atoms with Crippen molar-refractivity contribution in [3.63, 3.8) is 0 Å². The zero-order valence-corrected chi connectivity index (χ0v) is 19.8. The second-order valence-corrected chi connectivity index (χ2v) is 9.45. The molecular formula is C20H22Cl2F3N3O4S. The van der Waals surface area contributed by atoms with E-state index in [1.807, 2.05) is 4.90 Å². The molecule has 1 aliphatic rings. The van der Waals surface area contributed by atoms with Gasteiger partial charge in [-0.25, -0.2) is 0 Å². The predicted octanol–water partition coefficient (Wildman–Crippen LogP) is 3.70. The van der Waals surface area contributed by atoms with Crippen molar-refractivity contribution in [1.82, 2.24) is 15.2 Å². The van der Waals surface area contributed by atoms with E-state index in [2.05, 4.69) is 5.32 Å². The zero-order valence-electron chi connectivity index (χ0n) is 17.5. The van der Waals surface area contributed by atoms with Crippen LogP contribution in [0.4, 0.5) is 13.2 Å². The lowest BCUT2D eigenvalue weighted by molar-refractivity contribution is -0.141. The first-order valence-electron chi connectivity index (χ1n) is 10.1. The average molecular weight is 528 g/mol. The Kier molecular flexibility index (Phi) is 8.33. The summed E-state index contributed by atoms with van der Waals surface area (Å²) >= 11 is 12.5. The highest BCUT2D eigenvalue weighted by atomic mass is 35.5. The molecule has 1 aromatic heterocycles. The van der Waals surface area contributed by atoms with E-state index >= 15 is 0 Å². The van der Waals surface area contributed by atoms with Crippen LogP contribution in [0, 0.1) is 6.92 Å². The summed E-state index contributed by atoms with van der Waals surface area (Å²) in [6, 6.07) is 3.45. The van der Waals surface area contributed by atoms with Gasteiger partial charge in [-0.05, 0) is 37.5 Å². The maximum Gasteiger partial charge on any atom is 0.432 e. The Labute approximate surface area is 201 Å². The van der Waals surface area contributed by atoms with E-state index in [0.29, 0.717) is 41.7 Å². The molecule has 0 aliphatic carbocycles. The van der Waals surface area contributed by atoms with Gasteiger partial charge in [0.15, 0.2) is 0 Å². The van der Waals surface area contributed by atoms with Gasteiger partial charge in [-0.2, -0.15) is 13.2 Å². The van der Waals surface area contributed by atoms with Crippen molar-refractivity contribution in [2.24, 2.45) is 0 Å². The number of piperidine rings is 1. The van der Waals surface area contributed by atoms with Gasteiger partial charge in [-0.15, -0.1) is 0 Å². The third kappa shape index (κ3) is 6.63. The molecule has 1 aliphatic heterocycles. The Morgan fingerprint density at radius 1 is 1.36 bits per heavy atom. The van der Waals surface area contributed by atoms with Crippen LogP contribution in [0.1, 0.15) is 33.8 Å². The number of aliphatic hydroxyl groups is 1. The zero-order chi connectivity index (χ0) is 24.3. The van der Waals surface area contributed by atoms with Crippen LogP contribution >= 0.6 is 34.5 Å². The second kappa shape index (κ2) is 10.6. The molecule has 2 aromatic rings. The SMILES string of the molecule is Cc1c(Cl)ccc(OC2CCN(C[C@H](O)CNC(=O)c3sc(=O)[nH]c3C(F)(F)F)CC2)c1Cl. The number of hydrogen-bond acceptors (Lipinski definition) is 6. The van der Waals surface area contributed by atoms with Gasteiger partial charge in [-0.1, -0.05) is 34.5 Å². The molecule has 1 fully saturated rings. The Hall–Kier alpha value is -1.79. The van der Waals surface area contributed by atoms with Crippen LogP contribution in [-0.2, 0) is 6.18 Å². The quantitative estimate of drug-likeness (QED) is 0.510. The number of ether oxygens (including phenoxy) is 1. The molecule has 0 bridgehead atoms. The summed E-state index contributed by atoms with van der Waals surface area (Å²) in [5.74, 6) is -0.503. The van der Waals surface area contributed by atoms with Crippen molar-refractivity contribution in [2.45, 2.75) is 38.1 Å². The van der Waals surface area contributed by atoms with Gasteiger partial charge < -0.3 is 25.0 Å². The normalized spacial score (nSPS) is 16.6. The first-order valence-corrected chi connectivity index (χ1v) is 11.6. The molecule has 1 atom stereocenters. The van der Waals surface area contributed by atoms with Crippen LogP contribution in [-0.4, -0.2) is 59.3 Å². The number of carbonyl (C=O) groups excluding carboxylic acids is 1. The van der Waals surface area contributed by atoms with Gasteiger partial charge in [-0.3, -0.25) is 9.59 Å². The summed E-state index contributed by atoms with van der Waals surface area (Å²) in [6.07, 6.45) is -4.54. The van der Waals surface area contributed by atoms with Gasteiger partial charge in [0, 0.05) is 31.2 Å². The van der Waals surface area contributed by atoms with Crippen LogP contribution in [0.15, 0.2) is 16.9 Å². The molecule has 7 nitrogen and oxygen atoms in total. The van der Waals surface area contributed by atoms with Gasteiger partial charge >= 0.3 is 11.0 Å². The molecule has 3 rings (SSSR count). The summed E-state index contributed by atoms with van der Waals surface area (Å²) in [6.45, 7) is 3.02. The number of carbonyl (C=O) groups is 1. The number of nitrogens with zero attached hydrogens (tertiary/aromatic N) is 1. The minimum atomic E-state index is -4.86. The molecule has 0 saturated carbocycles. The molecule has 1 aromatic carbocycles. The largest absolute Gasteiger partial charge is 0.489 e. The number of β-amino-alcohol motifs (C(OH)–C–C–N with tert-alkyl or cyclic N) is 1. The number of likely N-dealkylation sites (tertiary alicyclic amines) is 1. The number of hydrogen-bond donors (Lipinski definition) is 3. The third-order valence-electron chi connectivity index (χ3n) is 5.22. The molecule has 0 spiro atoms. The fourth-order valence-corrected chi connectivity index (χ4v) is 4.65. The average Bonchev–Trinajstić information content (AvgIpc) is 3.16. The molecule has 1 amide bonds. The lowest BCUT2D eigenvalue weighted by atomic mass is 10.1. The highest BCUT2D eigenvalue weighted by Gasteiger charge is 2.38. The van der Waals surface area contributed by atoms with E-state index in [4.69, 9.17) is 27.9 Å². The first kappa shape index (κ1) is 25.8. The minimum absolute atomic E-state index is 0.0617. The number of benzene rings is 1. The van der Waals surface area contributed by atoms with Crippen molar-refractivity contribution in [2.75, 3.05) is 26.2 Å². The van der Waals surface area contributed by atoms with Crippen molar-refractivity contribution >= 4 is 40.4 Å². The first-order chi connectivity index (χ1) is 15.5. The molecule has 1 saturated heterocycles. The summed E-state index contributed by atoms with van der Waals surface area (Å²) in [7, 11) is 0. The van der Waals surface area contributed by atoms with Crippen LogP contribution in [0.5, 0.6) is 5.75 Å². The van der Waals surface area contributed by atoms with Crippen molar-refractivity contribution in [3.8, 4) is 5.75 Å². The van der Waals surface area contributed by atoms with Crippen LogP contribution in [0.2, 0.25) is 10.0 Å². The Morgan fingerprint density at radius 3 is 2.67 bits per heavy atom. The molecule has 182 valence electrons. The van der Waals surface area contributed by atoms with Gasteiger partial charge in [0.05, 0.1) is 11.1 Å². The standard InChI is InChI=1S/C20H22Cl2F3N3O4S/c1-10-13(21)2-3-14(15(10)22)32-12-4-6-28(7-5-12)9-11(29)8-26-18(30)16-17(20(23,24)25)27-19(31)33-16/h2-3,11-12,29H,4-9H2,1H3,(H,26,30)(H,27,31)/t11-/m1/s1. The van der Waals surface area contributed by atoms with E-state index in [1.165, 1.54) is 0 Å². The van der Waals surface area contributed by atoms with Gasteiger partial charge in [0.2, 0.25) is 0 Å². The molecule has 3 N–H and O–H groups in total. The highest BCUT2D eigenvalue weighted by molar-refractivity contribution is 7.11. The molecule has 0 unspecified atom stereocenters. The Morgan fingerprint density at radius 2 is 2.03 bits per heavy atom. The Balaban J connectivity index is 1.45. The number of alkyl halides is 3. The fraction of sp³-hybridized carbons (Fsp3) is 0.500. The van der Waals surface area contributed by atoms with Crippen LogP contribution < -0.4 is 14.9 Å². The lowest BCUT2D eigenvalue weighted by Gasteiger charge is -2.33. The number of nitrogens with one attached hydrogen (secondary N) is 2. The van der Waals surface area contributed by atoms with E-state index in [0.717, 1.165) is 5.56 Å². The maximum atomic E-state index is 12.9. The number of thiazole rings is 1. The van der Waals surface area contributed by atoms with E-state index in [9.17, 15) is 27.9 Å². The predicted molar refractivity (Wildman–Crippen MR) is 120 cm³/mol. The topological polar surface area (TPSA) is 94.7 Å². The molecule has 33 heavy (non-hydrogen) atoms. The van der Waals surface area contributed by atoms with Gasteiger partial charge in [0.1, 0.15) is 22.4 Å². The lowest BCUT2D eigenvalue weighted by Crippen LogP contribution is -2.45. The Bertz CT molecular complexity index is 1050. The molecule has 0 radical (unpaired) electrons. The highest BCUT2D eigenvalue weighted by Crippen LogP contribution is 2.34. The van der Waals surface area contributed by atoms with E-state index in [-0.39, 0.29) is 30.5 Å². The summed E-state index contributed by atoms with van der Waals surface area (Å²) < 4.78 is 44.8. The maximum absolute atomic E-state index is 12.9. The number of aliphatic hydroxyl groups excluding tert-OH is 1. The van der Waals surface area contributed by atoms with Crippen molar-refractivity contribution < 1.29 is 27.8 Å². The molecule has 13 heteroatoms. The third-order valence-corrected chi connectivity index (χ3v) is 6.98. The monoisotopic (exact) mass is 527 g/mol. The summed E-state index contributed by atoms with van der Waals surface area (Å²) in [4.78, 5) is 25.2. The van der Waals surface area contributed by atoms with E-state index in [1.54, 1.807) is 24.0 Å². The van der Waals surface area contributed by atoms with Crippen LogP contribution in [0.3, 0.4) is 0 Å². The number of halogens is 5. The number of rotatable bonds is 7. The van der Waals surface area contributed by atoms with Crippen molar-refractivity contribution in [3.05, 3.63) is 48.0 Å². The smallest absolute Gasteiger partial charge is 0.432 e. The minimum Gasteiger partial charge on any atom is -0.489 e. The van der Waals surface area contributed by atoms with E-state index < -0.39 is 33.6 Å². The molecule has 2 heterocycles.